The maximum atomic E-state index is 2.36. The van der Waals surface area contributed by atoms with E-state index in [2.05, 4.69) is 66.0 Å². The van der Waals surface area contributed by atoms with Gasteiger partial charge in [0.15, 0.2) is 0 Å². The van der Waals surface area contributed by atoms with E-state index in [1.807, 2.05) is 0 Å². The average molecular weight is 212 g/mol. The fourth-order valence-electron chi connectivity index (χ4n) is 1.80. The summed E-state index contributed by atoms with van der Waals surface area (Å²) in [5.74, 6) is 0. The number of nitrogens with two attached hydrogens (primary N) is 1. The first-order valence-electron chi connectivity index (χ1n) is 5.84. The number of benzene rings is 2. The largest absolute Gasteiger partial charge is 0.342 e. The van der Waals surface area contributed by atoms with Gasteiger partial charge in [0, 0.05) is 12.0 Å². The third-order valence-electron chi connectivity index (χ3n) is 2.70. The number of hydrogen-bond acceptors (Lipinski definition) is 0. The SMILES string of the molecule is c1ccc(CC[NH2+]Cc2ccccc2)cc1. The van der Waals surface area contributed by atoms with E-state index < -0.39 is 0 Å². The molecule has 2 rings (SSSR count). The fourth-order valence-corrected chi connectivity index (χ4v) is 1.80. The lowest BCUT2D eigenvalue weighted by molar-refractivity contribution is -0.670. The van der Waals surface area contributed by atoms with Gasteiger partial charge < -0.3 is 5.32 Å². The van der Waals surface area contributed by atoms with Gasteiger partial charge in [-0.2, -0.15) is 0 Å². The van der Waals surface area contributed by atoms with Crippen LogP contribution in [0.4, 0.5) is 0 Å². The zero-order valence-corrected chi connectivity index (χ0v) is 9.47. The lowest BCUT2D eigenvalue weighted by Gasteiger charge is -2.02. The van der Waals surface area contributed by atoms with E-state index in [1.165, 1.54) is 11.1 Å². The molecule has 82 valence electrons. The predicted octanol–water partition coefficient (Wildman–Crippen LogP) is 1.99. The second-order valence-corrected chi connectivity index (χ2v) is 4.00. The second-order valence-electron chi connectivity index (χ2n) is 4.00. The van der Waals surface area contributed by atoms with Gasteiger partial charge in [0.1, 0.15) is 6.54 Å². The van der Waals surface area contributed by atoms with Crippen molar-refractivity contribution in [2.45, 2.75) is 13.0 Å². The summed E-state index contributed by atoms with van der Waals surface area (Å²) in [6.07, 6.45) is 1.15. The highest BCUT2D eigenvalue weighted by atomic mass is 14.8. The number of rotatable bonds is 5. The molecular weight excluding hydrogens is 194 g/mol. The minimum Gasteiger partial charge on any atom is -0.342 e. The van der Waals surface area contributed by atoms with E-state index in [0.29, 0.717) is 0 Å². The molecular formula is C15H18N+. The molecule has 0 aliphatic rings. The Labute approximate surface area is 97.1 Å². The molecule has 0 spiro atoms. The average Bonchev–Trinajstić information content (AvgIpc) is 2.37. The van der Waals surface area contributed by atoms with Crippen LogP contribution < -0.4 is 5.32 Å². The first kappa shape index (κ1) is 10.9. The van der Waals surface area contributed by atoms with Crippen LogP contribution in [-0.4, -0.2) is 6.54 Å². The van der Waals surface area contributed by atoms with E-state index in [9.17, 15) is 0 Å². The summed E-state index contributed by atoms with van der Waals surface area (Å²) < 4.78 is 0. The van der Waals surface area contributed by atoms with E-state index in [1.54, 1.807) is 0 Å². The summed E-state index contributed by atoms with van der Waals surface area (Å²) in [4.78, 5) is 0. The highest BCUT2D eigenvalue weighted by molar-refractivity contribution is 5.15. The minimum absolute atomic E-state index is 1.08. The molecule has 0 aromatic heterocycles. The van der Waals surface area contributed by atoms with Crippen molar-refractivity contribution >= 4 is 0 Å². The summed E-state index contributed by atoms with van der Waals surface area (Å²) >= 11 is 0. The topological polar surface area (TPSA) is 16.6 Å². The Hall–Kier alpha value is -1.60. The van der Waals surface area contributed by atoms with Crippen molar-refractivity contribution in [3.8, 4) is 0 Å². The van der Waals surface area contributed by atoms with Crippen LogP contribution in [0.3, 0.4) is 0 Å². The molecule has 0 bridgehead atoms. The van der Waals surface area contributed by atoms with Crippen molar-refractivity contribution in [3.63, 3.8) is 0 Å². The summed E-state index contributed by atoms with van der Waals surface area (Å²) in [5.41, 5.74) is 2.82. The third kappa shape index (κ3) is 3.52. The smallest absolute Gasteiger partial charge is 0.101 e. The Morgan fingerprint density at radius 3 is 1.88 bits per heavy atom. The first-order chi connectivity index (χ1) is 7.95. The summed E-state index contributed by atoms with van der Waals surface area (Å²) in [6, 6.07) is 21.3. The normalized spacial score (nSPS) is 10.2. The number of hydrogen-bond donors (Lipinski definition) is 1. The second kappa shape index (κ2) is 6.09. The van der Waals surface area contributed by atoms with E-state index in [4.69, 9.17) is 0 Å². The zero-order chi connectivity index (χ0) is 11.1. The molecule has 2 N–H and O–H groups in total. The van der Waals surface area contributed by atoms with Gasteiger partial charge in [0.2, 0.25) is 0 Å². The molecule has 2 aromatic rings. The van der Waals surface area contributed by atoms with Gasteiger partial charge in [-0.05, 0) is 5.56 Å². The van der Waals surface area contributed by atoms with Crippen LogP contribution in [0.25, 0.3) is 0 Å². The van der Waals surface area contributed by atoms with Gasteiger partial charge in [0.25, 0.3) is 0 Å². The molecule has 0 unspecified atom stereocenters. The van der Waals surface area contributed by atoms with E-state index in [0.717, 1.165) is 19.5 Å². The monoisotopic (exact) mass is 212 g/mol. The van der Waals surface area contributed by atoms with Crippen LogP contribution in [0.15, 0.2) is 60.7 Å². The molecule has 1 heteroatoms. The maximum Gasteiger partial charge on any atom is 0.101 e. The molecule has 2 aromatic carbocycles. The lowest BCUT2D eigenvalue weighted by Crippen LogP contribution is -2.83. The summed E-state index contributed by atoms with van der Waals surface area (Å²) in [5, 5.41) is 2.36. The Balaban J connectivity index is 1.70. The Bertz CT molecular complexity index is 353. The van der Waals surface area contributed by atoms with Gasteiger partial charge in [-0.3, -0.25) is 0 Å². The molecule has 0 saturated heterocycles. The van der Waals surface area contributed by atoms with Crippen molar-refractivity contribution in [1.82, 2.24) is 0 Å². The molecule has 0 saturated carbocycles. The van der Waals surface area contributed by atoms with Gasteiger partial charge in [0.05, 0.1) is 6.54 Å². The van der Waals surface area contributed by atoms with Crippen LogP contribution in [0, 0.1) is 0 Å². The number of quaternary nitrogens is 1. The van der Waals surface area contributed by atoms with Crippen molar-refractivity contribution in [2.75, 3.05) is 6.54 Å². The molecule has 0 radical (unpaired) electrons. The van der Waals surface area contributed by atoms with Crippen LogP contribution in [0.1, 0.15) is 11.1 Å². The standard InChI is InChI=1S/C15H17N/c1-3-7-14(8-4-1)11-12-16-13-15-9-5-2-6-10-15/h1-10,16H,11-13H2/p+1. The van der Waals surface area contributed by atoms with Crippen LogP contribution in [-0.2, 0) is 13.0 Å². The van der Waals surface area contributed by atoms with Crippen LogP contribution in [0.5, 0.6) is 0 Å². The Morgan fingerprint density at radius 1 is 0.688 bits per heavy atom. The summed E-state index contributed by atoms with van der Waals surface area (Å²) in [7, 11) is 0. The van der Waals surface area contributed by atoms with Crippen molar-refractivity contribution in [2.24, 2.45) is 0 Å². The zero-order valence-electron chi connectivity index (χ0n) is 9.47. The maximum absolute atomic E-state index is 2.36. The van der Waals surface area contributed by atoms with Gasteiger partial charge >= 0.3 is 0 Å². The molecule has 0 heterocycles. The third-order valence-corrected chi connectivity index (χ3v) is 2.70. The first-order valence-corrected chi connectivity index (χ1v) is 5.84. The molecule has 0 amide bonds. The van der Waals surface area contributed by atoms with Crippen molar-refractivity contribution in [3.05, 3.63) is 71.8 Å². The lowest BCUT2D eigenvalue weighted by atomic mass is 10.1. The molecule has 0 aliphatic heterocycles. The Kier molecular flexibility index (Phi) is 4.15. The van der Waals surface area contributed by atoms with E-state index >= 15 is 0 Å². The summed E-state index contributed by atoms with van der Waals surface area (Å²) in [6.45, 7) is 2.23. The molecule has 0 fully saturated rings. The highest BCUT2D eigenvalue weighted by Crippen LogP contribution is 1.97. The van der Waals surface area contributed by atoms with Gasteiger partial charge in [-0.15, -0.1) is 0 Å². The fraction of sp³-hybridized carbons (Fsp3) is 0.200. The minimum atomic E-state index is 1.08. The van der Waals surface area contributed by atoms with Gasteiger partial charge in [-0.25, -0.2) is 0 Å². The van der Waals surface area contributed by atoms with Crippen LogP contribution in [0.2, 0.25) is 0 Å². The van der Waals surface area contributed by atoms with E-state index in [-0.39, 0.29) is 0 Å². The highest BCUT2D eigenvalue weighted by Gasteiger charge is 1.95. The van der Waals surface area contributed by atoms with Gasteiger partial charge in [-0.1, -0.05) is 60.7 Å². The Morgan fingerprint density at radius 2 is 1.25 bits per heavy atom. The quantitative estimate of drug-likeness (QED) is 0.730. The van der Waals surface area contributed by atoms with Crippen molar-refractivity contribution < 1.29 is 5.32 Å². The molecule has 0 atom stereocenters. The molecule has 0 aliphatic carbocycles. The predicted molar refractivity (Wildman–Crippen MR) is 67.1 cm³/mol. The molecule has 16 heavy (non-hydrogen) atoms. The molecule has 1 nitrogen and oxygen atoms in total. The van der Waals surface area contributed by atoms with Crippen LogP contribution >= 0.6 is 0 Å². The van der Waals surface area contributed by atoms with Crippen molar-refractivity contribution in [1.29, 1.82) is 0 Å².